The molecule has 21 heavy (non-hydrogen) atoms. The standard InChI is InChI=1S/C18H34N2O/c1-12(2)10-14(5)20-17(15-8-6-7-9-15)19-16(18(20)21)11-13(3)4/h12-17,19H,6-11H2,1-5H3. The summed E-state index contributed by atoms with van der Waals surface area (Å²) in [4.78, 5) is 15.1. The zero-order chi connectivity index (χ0) is 15.6. The Bertz CT molecular complexity index is 347. The molecule has 1 saturated carbocycles. The van der Waals surface area contributed by atoms with Crippen LogP contribution in [-0.2, 0) is 4.79 Å². The molecule has 0 aromatic heterocycles. The summed E-state index contributed by atoms with van der Waals surface area (Å²) in [6.07, 6.45) is 7.58. The summed E-state index contributed by atoms with van der Waals surface area (Å²) < 4.78 is 0. The van der Waals surface area contributed by atoms with E-state index in [0.717, 1.165) is 12.8 Å². The first-order valence-electron chi connectivity index (χ1n) is 8.98. The molecule has 1 saturated heterocycles. The molecule has 2 fully saturated rings. The van der Waals surface area contributed by atoms with Crippen LogP contribution in [0.15, 0.2) is 0 Å². The van der Waals surface area contributed by atoms with Crippen molar-refractivity contribution >= 4 is 5.91 Å². The lowest BCUT2D eigenvalue weighted by Crippen LogP contribution is -2.47. The second kappa shape index (κ2) is 7.13. The molecule has 1 aliphatic carbocycles. The molecule has 2 aliphatic rings. The molecule has 3 nitrogen and oxygen atoms in total. The number of carbonyl (C=O) groups is 1. The van der Waals surface area contributed by atoms with Crippen LogP contribution in [0.3, 0.4) is 0 Å². The highest BCUT2D eigenvalue weighted by molar-refractivity contribution is 5.84. The number of nitrogens with zero attached hydrogens (tertiary/aromatic N) is 1. The summed E-state index contributed by atoms with van der Waals surface area (Å²) in [5, 5.41) is 3.69. The molecular weight excluding hydrogens is 260 g/mol. The van der Waals surface area contributed by atoms with Crippen molar-refractivity contribution in [3.8, 4) is 0 Å². The third kappa shape index (κ3) is 4.00. The molecule has 0 spiro atoms. The van der Waals surface area contributed by atoms with E-state index in [-0.39, 0.29) is 12.2 Å². The van der Waals surface area contributed by atoms with Crippen LogP contribution in [0.4, 0.5) is 0 Å². The van der Waals surface area contributed by atoms with Crippen LogP contribution in [0.25, 0.3) is 0 Å². The van der Waals surface area contributed by atoms with Gasteiger partial charge >= 0.3 is 0 Å². The molecule has 0 radical (unpaired) electrons. The zero-order valence-corrected chi connectivity index (χ0v) is 14.6. The van der Waals surface area contributed by atoms with Gasteiger partial charge in [-0.2, -0.15) is 0 Å². The molecule has 3 unspecified atom stereocenters. The third-order valence-corrected chi connectivity index (χ3v) is 5.07. The highest BCUT2D eigenvalue weighted by Gasteiger charge is 2.44. The first-order chi connectivity index (χ1) is 9.90. The molecular formula is C18H34N2O. The molecule has 2 rings (SSSR count). The second-order valence-corrected chi connectivity index (χ2v) is 8.06. The van der Waals surface area contributed by atoms with Gasteiger partial charge in [-0.1, -0.05) is 40.5 Å². The predicted molar refractivity (Wildman–Crippen MR) is 87.9 cm³/mol. The van der Waals surface area contributed by atoms with Crippen molar-refractivity contribution in [2.75, 3.05) is 0 Å². The third-order valence-electron chi connectivity index (χ3n) is 5.07. The minimum atomic E-state index is 0.0465. The Balaban J connectivity index is 2.12. The maximum atomic E-state index is 12.9. The van der Waals surface area contributed by atoms with Gasteiger partial charge in [0, 0.05) is 6.04 Å². The van der Waals surface area contributed by atoms with E-state index in [0.29, 0.717) is 29.7 Å². The average Bonchev–Trinajstić information content (AvgIpc) is 2.96. The van der Waals surface area contributed by atoms with Crippen molar-refractivity contribution in [2.24, 2.45) is 17.8 Å². The van der Waals surface area contributed by atoms with E-state index in [9.17, 15) is 4.79 Å². The largest absolute Gasteiger partial charge is 0.323 e. The van der Waals surface area contributed by atoms with Gasteiger partial charge in [0.1, 0.15) is 0 Å². The smallest absolute Gasteiger partial charge is 0.241 e. The molecule has 1 amide bonds. The van der Waals surface area contributed by atoms with Gasteiger partial charge in [0.05, 0.1) is 12.2 Å². The minimum Gasteiger partial charge on any atom is -0.323 e. The SMILES string of the molecule is CC(C)CC1NC(C2CCCC2)N(C(C)CC(C)C)C1=O. The maximum Gasteiger partial charge on any atom is 0.241 e. The van der Waals surface area contributed by atoms with Crippen LogP contribution in [0.2, 0.25) is 0 Å². The van der Waals surface area contributed by atoms with Crippen molar-refractivity contribution in [1.29, 1.82) is 0 Å². The van der Waals surface area contributed by atoms with Gasteiger partial charge < -0.3 is 4.90 Å². The van der Waals surface area contributed by atoms with E-state index >= 15 is 0 Å². The molecule has 0 aromatic carbocycles. The molecule has 3 heteroatoms. The first kappa shape index (κ1) is 16.8. The quantitative estimate of drug-likeness (QED) is 0.808. The fraction of sp³-hybridized carbons (Fsp3) is 0.944. The highest BCUT2D eigenvalue weighted by atomic mass is 16.2. The van der Waals surface area contributed by atoms with Crippen molar-refractivity contribution in [2.45, 2.75) is 91.4 Å². The maximum absolute atomic E-state index is 12.9. The number of carbonyl (C=O) groups excluding carboxylic acids is 1. The zero-order valence-electron chi connectivity index (χ0n) is 14.6. The Morgan fingerprint density at radius 3 is 2.24 bits per heavy atom. The van der Waals surface area contributed by atoms with Gasteiger partial charge in [-0.05, 0) is 50.4 Å². The molecule has 1 N–H and O–H groups in total. The van der Waals surface area contributed by atoms with Crippen molar-refractivity contribution in [3.63, 3.8) is 0 Å². The summed E-state index contributed by atoms with van der Waals surface area (Å²) in [5.41, 5.74) is 0. The number of amides is 1. The van der Waals surface area contributed by atoms with Gasteiger partial charge in [0.2, 0.25) is 5.91 Å². The summed E-state index contributed by atoms with van der Waals surface area (Å²) in [5.74, 6) is 2.23. The Labute approximate surface area is 130 Å². The van der Waals surface area contributed by atoms with E-state index in [1.165, 1.54) is 25.7 Å². The molecule has 1 aliphatic heterocycles. The van der Waals surface area contributed by atoms with E-state index < -0.39 is 0 Å². The van der Waals surface area contributed by atoms with Gasteiger partial charge in [0.25, 0.3) is 0 Å². The van der Waals surface area contributed by atoms with Crippen LogP contribution in [0.1, 0.15) is 73.1 Å². The Morgan fingerprint density at radius 2 is 1.71 bits per heavy atom. The van der Waals surface area contributed by atoms with Gasteiger partial charge in [-0.3, -0.25) is 10.1 Å². The lowest BCUT2D eigenvalue weighted by molar-refractivity contribution is -0.133. The first-order valence-corrected chi connectivity index (χ1v) is 8.98. The van der Waals surface area contributed by atoms with E-state index in [1.807, 2.05) is 0 Å². The normalized spacial score (nSPS) is 29.1. The average molecular weight is 294 g/mol. The summed E-state index contributed by atoms with van der Waals surface area (Å²) in [6, 6.07) is 0.401. The summed E-state index contributed by atoms with van der Waals surface area (Å²) in [6.45, 7) is 11.2. The fourth-order valence-corrected chi connectivity index (χ4v) is 4.24. The van der Waals surface area contributed by atoms with Crippen LogP contribution >= 0.6 is 0 Å². The van der Waals surface area contributed by atoms with Crippen LogP contribution in [0.5, 0.6) is 0 Å². The number of rotatable bonds is 6. The highest BCUT2D eigenvalue weighted by Crippen LogP contribution is 2.34. The lowest BCUT2D eigenvalue weighted by atomic mass is 9.99. The summed E-state index contributed by atoms with van der Waals surface area (Å²) >= 11 is 0. The van der Waals surface area contributed by atoms with Crippen LogP contribution in [0, 0.1) is 17.8 Å². The molecule has 0 bridgehead atoms. The molecule has 0 aromatic rings. The lowest BCUT2D eigenvalue weighted by Gasteiger charge is -2.34. The predicted octanol–water partition coefficient (Wildman–Crippen LogP) is 3.78. The van der Waals surface area contributed by atoms with Gasteiger partial charge in [-0.15, -0.1) is 0 Å². The van der Waals surface area contributed by atoms with E-state index in [1.54, 1.807) is 0 Å². The molecule has 3 atom stereocenters. The Hall–Kier alpha value is -0.570. The molecule has 1 heterocycles. The van der Waals surface area contributed by atoms with Crippen LogP contribution in [-0.4, -0.2) is 29.1 Å². The second-order valence-electron chi connectivity index (χ2n) is 8.06. The number of hydrogen-bond donors (Lipinski definition) is 1. The van der Waals surface area contributed by atoms with Crippen molar-refractivity contribution in [1.82, 2.24) is 10.2 Å². The van der Waals surface area contributed by atoms with Crippen LogP contribution < -0.4 is 5.32 Å². The Morgan fingerprint density at radius 1 is 1.10 bits per heavy atom. The Kier molecular flexibility index (Phi) is 5.70. The number of hydrogen-bond acceptors (Lipinski definition) is 2. The van der Waals surface area contributed by atoms with E-state index in [4.69, 9.17) is 0 Å². The van der Waals surface area contributed by atoms with Gasteiger partial charge in [-0.25, -0.2) is 0 Å². The van der Waals surface area contributed by atoms with Crippen molar-refractivity contribution in [3.05, 3.63) is 0 Å². The van der Waals surface area contributed by atoms with Gasteiger partial charge in [0.15, 0.2) is 0 Å². The summed E-state index contributed by atoms with van der Waals surface area (Å²) in [7, 11) is 0. The topological polar surface area (TPSA) is 32.3 Å². The monoisotopic (exact) mass is 294 g/mol. The number of nitrogens with one attached hydrogen (secondary N) is 1. The fourth-order valence-electron chi connectivity index (χ4n) is 4.24. The minimum absolute atomic E-state index is 0.0465. The molecule has 122 valence electrons. The van der Waals surface area contributed by atoms with E-state index in [2.05, 4.69) is 44.8 Å². The van der Waals surface area contributed by atoms with Crippen molar-refractivity contribution < 1.29 is 4.79 Å².